The van der Waals surface area contributed by atoms with Crippen molar-refractivity contribution in [2.75, 3.05) is 13.7 Å². The van der Waals surface area contributed by atoms with E-state index in [1.165, 1.54) is 13.4 Å². The molecule has 28 heavy (non-hydrogen) atoms. The average molecular weight is 384 g/mol. The quantitative estimate of drug-likeness (QED) is 0.571. The lowest BCUT2D eigenvalue weighted by molar-refractivity contribution is -0.150. The molecule has 1 aromatic heterocycles. The van der Waals surface area contributed by atoms with Gasteiger partial charge in [0.15, 0.2) is 17.6 Å². The van der Waals surface area contributed by atoms with Gasteiger partial charge in [0, 0.05) is 6.07 Å². The highest BCUT2D eigenvalue weighted by Crippen LogP contribution is 2.30. The molecule has 0 fully saturated rings. The second-order valence-corrected chi connectivity index (χ2v) is 5.85. The summed E-state index contributed by atoms with van der Waals surface area (Å²) in [7, 11) is 1.52. The summed E-state index contributed by atoms with van der Waals surface area (Å²) in [6, 6.07) is 11.7. The summed E-state index contributed by atoms with van der Waals surface area (Å²) in [5.41, 5.74) is -0.0249. The molecule has 0 saturated heterocycles. The number of carbonyl (C=O) groups is 1. The van der Waals surface area contributed by atoms with Crippen LogP contribution in [0.25, 0.3) is 11.0 Å². The summed E-state index contributed by atoms with van der Waals surface area (Å²) < 4.78 is 26.9. The Morgan fingerprint density at radius 3 is 2.57 bits per heavy atom. The number of rotatable bonds is 7. The van der Waals surface area contributed by atoms with Gasteiger partial charge >= 0.3 is 5.97 Å². The van der Waals surface area contributed by atoms with E-state index in [0.717, 1.165) is 0 Å². The highest BCUT2D eigenvalue weighted by molar-refractivity contribution is 5.79. The second kappa shape index (κ2) is 8.47. The fourth-order valence-electron chi connectivity index (χ4n) is 2.57. The van der Waals surface area contributed by atoms with Crippen LogP contribution in [0.5, 0.6) is 23.0 Å². The molecule has 3 aromatic rings. The summed E-state index contributed by atoms with van der Waals surface area (Å²) in [6.07, 6.45) is 0.452. The molecule has 0 amide bonds. The van der Waals surface area contributed by atoms with Crippen molar-refractivity contribution in [1.82, 2.24) is 0 Å². The molecule has 3 rings (SSSR count). The van der Waals surface area contributed by atoms with Crippen LogP contribution in [0.4, 0.5) is 0 Å². The molecule has 0 radical (unpaired) electrons. The van der Waals surface area contributed by atoms with Crippen LogP contribution in [-0.2, 0) is 9.53 Å². The molecule has 7 heteroatoms. The lowest BCUT2D eigenvalue weighted by Gasteiger charge is -2.13. The molecule has 146 valence electrons. The average Bonchev–Trinajstić information content (AvgIpc) is 2.70. The van der Waals surface area contributed by atoms with Gasteiger partial charge in [0.2, 0.25) is 11.2 Å². The number of esters is 1. The highest BCUT2D eigenvalue weighted by Gasteiger charge is 2.17. The van der Waals surface area contributed by atoms with Crippen molar-refractivity contribution in [3.8, 4) is 23.0 Å². The number of hydrogen-bond donors (Lipinski definition) is 0. The van der Waals surface area contributed by atoms with E-state index in [4.69, 9.17) is 23.4 Å². The lowest BCUT2D eigenvalue weighted by atomic mass is 10.2. The summed E-state index contributed by atoms with van der Waals surface area (Å²) in [5.74, 6) is 0.850. The highest BCUT2D eigenvalue weighted by atomic mass is 16.6. The standard InChI is InChI=1S/C21H20O7/c1-4-25-21(23)13(2)27-14-9-10-15-18(11-14)26-12-19(20(15)22)28-17-8-6-5-7-16(17)24-3/h5-13H,4H2,1-3H3. The molecule has 0 aliphatic rings. The third kappa shape index (κ3) is 4.09. The van der Waals surface area contributed by atoms with Crippen molar-refractivity contribution in [3.05, 3.63) is 59.0 Å². The Balaban J connectivity index is 1.86. The van der Waals surface area contributed by atoms with E-state index in [1.54, 1.807) is 56.3 Å². The third-order valence-corrected chi connectivity index (χ3v) is 3.93. The minimum absolute atomic E-state index is 0.0329. The fraction of sp³-hybridized carbons (Fsp3) is 0.238. The molecule has 0 N–H and O–H groups in total. The van der Waals surface area contributed by atoms with Gasteiger partial charge in [-0.1, -0.05) is 12.1 Å². The smallest absolute Gasteiger partial charge is 0.347 e. The number of hydrogen-bond acceptors (Lipinski definition) is 7. The maximum absolute atomic E-state index is 12.7. The molecule has 0 aliphatic carbocycles. The van der Waals surface area contributed by atoms with Gasteiger partial charge in [-0.3, -0.25) is 4.79 Å². The summed E-state index contributed by atoms with van der Waals surface area (Å²) in [5, 5.41) is 0.323. The van der Waals surface area contributed by atoms with Crippen LogP contribution < -0.4 is 19.6 Å². The Bertz CT molecular complexity index is 1040. The minimum Gasteiger partial charge on any atom is -0.493 e. The van der Waals surface area contributed by atoms with Gasteiger partial charge in [-0.25, -0.2) is 4.79 Å². The molecule has 2 aromatic carbocycles. The molecule has 1 heterocycles. The summed E-state index contributed by atoms with van der Waals surface area (Å²) in [6.45, 7) is 3.58. The van der Waals surface area contributed by atoms with Gasteiger partial charge < -0.3 is 23.4 Å². The number of benzene rings is 2. The van der Waals surface area contributed by atoms with Crippen molar-refractivity contribution in [3.63, 3.8) is 0 Å². The predicted octanol–water partition coefficient (Wildman–Crippen LogP) is 3.92. The van der Waals surface area contributed by atoms with Gasteiger partial charge in [0.05, 0.1) is 19.1 Å². The second-order valence-electron chi connectivity index (χ2n) is 5.85. The van der Waals surface area contributed by atoms with E-state index in [0.29, 0.717) is 28.2 Å². The van der Waals surface area contributed by atoms with Crippen molar-refractivity contribution in [2.24, 2.45) is 0 Å². The van der Waals surface area contributed by atoms with E-state index in [2.05, 4.69) is 0 Å². The van der Waals surface area contributed by atoms with E-state index in [-0.39, 0.29) is 17.8 Å². The van der Waals surface area contributed by atoms with Gasteiger partial charge in [0.1, 0.15) is 17.6 Å². The maximum atomic E-state index is 12.7. The largest absolute Gasteiger partial charge is 0.493 e. The summed E-state index contributed by atoms with van der Waals surface area (Å²) in [4.78, 5) is 24.4. The first-order chi connectivity index (χ1) is 13.5. The molecule has 0 bridgehead atoms. The van der Waals surface area contributed by atoms with Gasteiger partial charge in [0.25, 0.3) is 0 Å². The Labute approximate surface area is 161 Å². The van der Waals surface area contributed by atoms with E-state index in [1.807, 2.05) is 0 Å². The molecule has 0 spiro atoms. The minimum atomic E-state index is -0.780. The number of ether oxygens (including phenoxy) is 4. The van der Waals surface area contributed by atoms with Crippen LogP contribution in [0, 0.1) is 0 Å². The van der Waals surface area contributed by atoms with Gasteiger partial charge in [-0.2, -0.15) is 0 Å². The van der Waals surface area contributed by atoms with Crippen LogP contribution in [-0.4, -0.2) is 25.8 Å². The molecule has 1 unspecified atom stereocenters. The van der Waals surface area contributed by atoms with Crippen LogP contribution in [0.15, 0.2) is 57.9 Å². The van der Waals surface area contributed by atoms with Crippen molar-refractivity contribution in [2.45, 2.75) is 20.0 Å². The number of fused-ring (bicyclic) bond motifs is 1. The van der Waals surface area contributed by atoms with Crippen LogP contribution in [0.1, 0.15) is 13.8 Å². The molecule has 1 atom stereocenters. The van der Waals surface area contributed by atoms with E-state index in [9.17, 15) is 9.59 Å². The Kier molecular flexibility index (Phi) is 5.84. The first-order valence-electron chi connectivity index (χ1n) is 8.73. The van der Waals surface area contributed by atoms with Gasteiger partial charge in [-0.15, -0.1) is 0 Å². The Morgan fingerprint density at radius 1 is 1.11 bits per heavy atom. The first kappa shape index (κ1) is 19.3. The zero-order chi connectivity index (χ0) is 20.1. The van der Waals surface area contributed by atoms with E-state index < -0.39 is 12.1 Å². The Hall–Kier alpha value is -3.48. The van der Waals surface area contributed by atoms with Crippen molar-refractivity contribution < 1.29 is 28.2 Å². The SMILES string of the molecule is CCOC(=O)C(C)Oc1ccc2c(=O)c(Oc3ccccc3OC)coc2c1. The number of para-hydroxylation sites is 2. The van der Waals surface area contributed by atoms with Crippen LogP contribution in [0.3, 0.4) is 0 Å². The topological polar surface area (TPSA) is 84.2 Å². The first-order valence-corrected chi connectivity index (χ1v) is 8.73. The zero-order valence-corrected chi connectivity index (χ0v) is 15.8. The fourth-order valence-corrected chi connectivity index (χ4v) is 2.57. The zero-order valence-electron chi connectivity index (χ0n) is 15.8. The molecule has 7 nitrogen and oxygen atoms in total. The normalized spacial score (nSPS) is 11.7. The number of carbonyl (C=O) groups excluding carboxylic acids is 1. The number of methoxy groups -OCH3 is 1. The maximum Gasteiger partial charge on any atom is 0.347 e. The van der Waals surface area contributed by atoms with Crippen molar-refractivity contribution in [1.29, 1.82) is 0 Å². The predicted molar refractivity (Wildman–Crippen MR) is 102 cm³/mol. The van der Waals surface area contributed by atoms with Gasteiger partial charge in [-0.05, 0) is 38.1 Å². The molecule has 0 saturated carbocycles. The molecular weight excluding hydrogens is 364 g/mol. The Morgan fingerprint density at radius 2 is 1.86 bits per heavy atom. The summed E-state index contributed by atoms with van der Waals surface area (Å²) >= 11 is 0. The van der Waals surface area contributed by atoms with Crippen LogP contribution in [0.2, 0.25) is 0 Å². The molecule has 0 aliphatic heterocycles. The lowest BCUT2D eigenvalue weighted by Crippen LogP contribution is -2.26. The molecular formula is C21H20O7. The van der Waals surface area contributed by atoms with Crippen molar-refractivity contribution >= 4 is 16.9 Å². The van der Waals surface area contributed by atoms with E-state index >= 15 is 0 Å². The van der Waals surface area contributed by atoms with Crippen LogP contribution >= 0.6 is 0 Å². The third-order valence-electron chi connectivity index (χ3n) is 3.93. The monoisotopic (exact) mass is 384 g/mol.